The van der Waals surface area contributed by atoms with E-state index in [0.717, 1.165) is 16.5 Å². The SMILES string of the molecule is CC(C)N(Cc1ccccc1)C(=O)C(=O)c1c[nH]c2ccccc12. The highest BCUT2D eigenvalue weighted by Crippen LogP contribution is 2.20. The second-order valence-corrected chi connectivity index (χ2v) is 6.09. The molecule has 0 unspecified atom stereocenters. The van der Waals surface area contributed by atoms with Gasteiger partial charge in [0.25, 0.3) is 11.7 Å². The van der Waals surface area contributed by atoms with E-state index >= 15 is 0 Å². The lowest BCUT2D eigenvalue weighted by Gasteiger charge is -2.26. The molecule has 24 heavy (non-hydrogen) atoms. The first kappa shape index (κ1) is 16.0. The number of rotatable bonds is 5. The van der Waals surface area contributed by atoms with Gasteiger partial charge in [-0.3, -0.25) is 9.59 Å². The smallest absolute Gasteiger partial charge is 0.295 e. The molecule has 3 aromatic rings. The van der Waals surface area contributed by atoms with Crippen LogP contribution < -0.4 is 0 Å². The molecular formula is C20H20N2O2. The number of aromatic nitrogens is 1. The van der Waals surface area contributed by atoms with Crippen molar-refractivity contribution in [3.63, 3.8) is 0 Å². The average Bonchev–Trinajstić information content (AvgIpc) is 3.03. The van der Waals surface area contributed by atoms with Crippen LogP contribution in [0.3, 0.4) is 0 Å². The number of amides is 1. The average molecular weight is 320 g/mol. The monoisotopic (exact) mass is 320 g/mol. The molecule has 1 aromatic heterocycles. The molecule has 4 heteroatoms. The summed E-state index contributed by atoms with van der Waals surface area (Å²) in [6, 6.07) is 17.1. The van der Waals surface area contributed by atoms with Crippen LogP contribution in [0.4, 0.5) is 0 Å². The van der Waals surface area contributed by atoms with Crippen molar-refractivity contribution in [2.24, 2.45) is 0 Å². The number of hydrogen-bond donors (Lipinski definition) is 1. The van der Waals surface area contributed by atoms with E-state index in [4.69, 9.17) is 0 Å². The van der Waals surface area contributed by atoms with Crippen LogP contribution in [-0.4, -0.2) is 27.6 Å². The number of Topliss-reactive ketones (excluding diaryl/α,β-unsaturated/α-hetero) is 1. The minimum absolute atomic E-state index is 0.0631. The van der Waals surface area contributed by atoms with Gasteiger partial charge >= 0.3 is 0 Å². The lowest BCUT2D eigenvalue weighted by molar-refractivity contribution is -0.128. The van der Waals surface area contributed by atoms with Gasteiger partial charge < -0.3 is 9.88 Å². The highest BCUT2D eigenvalue weighted by molar-refractivity contribution is 6.44. The molecule has 0 saturated heterocycles. The normalized spacial score (nSPS) is 11.0. The quantitative estimate of drug-likeness (QED) is 0.574. The molecule has 2 aromatic carbocycles. The van der Waals surface area contributed by atoms with Gasteiger partial charge in [0.1, 0.15) is 0 Å². The molecule has 0 aliphatic carbocycles. The van der Waals surface area contributed by atoms with Crippen LogP contribution in [0, 0.1) is 0 Å². The standard InChI is InChI=1S/C20H20N2O2/c1-14(2)22(13-15-8-4-3-5-9-15)20(24)19(23)17-12-21-18-11-7-6-10-16(17)18/h3-12,14,21H,13H2,1-2H3. The molecule has 0 fully saturated rings. The van der Waals surface area contributed by atoms with E-state index in [0.29, 0.717) is 12.1 Å². The van der Waals surface area contributed by atoms with Gasteiger partial charge in [0.2, 0.25) is 0 Å². The van der Waals surface area contributed by atoms with E-state index in [-0.39, 0.29) is 6.04 Å². The number of carbonyl (C=O) groups excluding carboxylic acids is 2. The molecule has 4 nitrogen and oxygen atoms in total. The van der Waals surface area contributed by atoms with Crippen molar-refractivity contribution in [2.75, 3.05) is 0 Å². The van der Waals surface area contributed by atoms with E-state index in [1.54, 1.807) is 11.1 Å². The second kappa shape index (κ2) is 6.71. The zero-order valence-corrected chi connectivity index (χ0v) is 13.8. The van der Waals surface area contributed by atoms with Crippen LogP contribution in [0.25, 0.3) is 10.9 Å². The number of fused-ring (bicyclic) bond motifs is 1. The maximum Gasteiger partial charge on any atom is 0.295 e. The molecule has 0 atom stereocenters. The maximum atomic E-state index is 12.8. The lowest BCUT2D eigenvalue weighted by atomic mass is 10.1. The van der Waals surface area contributed by atoms with Crippen LogP contribution in [0.5, 0.6) is 0 Å². The Hall–Kier alpha value is -2.88. The first-order valence-electron chi connectivity index (χ1n) is 8.03. The van der Waals surface area contributed by atoms with Gasteiger partial charge in [-0.15, -0.1) is 0 Å². The Morgan fingerprint density at radius 3 is 2.38 bits per heavy atom. The number of aromatic amines is 1. The number of carbonyl (C=O) groups is 2. The Morgan fingerprint density at radius 1 is 1.00 bits per heavy atom. The first-order chi connectivity index (χ1) is 11.6. The van der Waals surface area contributed by atoms with Crippen molar-refractivity contribution in [1.82, 2.24) is 9.88 Å². The lowest BCUT2D eigenvalue weighted by Crippen LogP contribution is -2.40. The van der Waals surface area contributed by atoms with Crippen LogP contribution >= 0.6 is 0 Å². The third-order valence-electron chi connectivity index (χ3n) is 4.11. The second-order valence-electron chi connectivity index (χ2n) is 6.09. The van der Waals surface area contributed by atoms with Crippen molar-refractivity contribution in [1.29, 1.82) is 0 Å². The fourth-order valence-corrected chi connectivity index (χ4v) is 2.77. The zero-order chi connectivity index (χ0) is 17.1. The summed E-state index contributed by atoms with van der Waals surface area (Å²) in [5.41, 5.74) is 2.29. The van der Waals surface area contributed by atoms with Gasteiger partial charge in [-0.2, -0.15) is 0 Å². The van der Waals surface area contributed by atoms with Gasteiger partial charge in [-0.05, 0) is 25.5 Å². The Labute approximate surface area is 141 Å². The first-order valence-corrected chi connectivity index (χ1v) is 8.03. The van der Waals surface area contributed by atoms with Gasteiger partial charge in [0, 0.05) is 29.7 Å². The number of ketones is 1. The van der Waals surface area contributed by atoms with Crippen LogP contribution in [0.15, 0.2) is 60.8 Å². The van der Waals surface area contributed by atoms with Crippen LogP contribution in [-0.2, 0) is 11.3 Å². The summed E-state index contributed by atoms with van der Waals surface area (Å²) < 4.78 is 0. The molecule has 1 heterocycles. The highest BCUT2D eigenvalue weighted by Gasteiger charge is 2.27. The van der Waals surface area contributed by atoms with Crippen LogP contribution in [0.1, 0.15) is 29.8 Å². The summed E-state index contributed by atoms with van der Waals surface area (Å²) in [6.07, 6.45) is 1.62. The van der Waals surface area contributed by atoms with Crippen molar-refractivity contribution >= 4 is 22.6 Å². The number of hydrogen-bond acceptors (Lipinski definition) is 2. The summed E-state index contributed by atoms with van der Waals surface area (Å²) in [4.78, 5) is 30.2. The molecule has 0 spiro atoms. The van der Waals surface area contributed by atoms with E-state index < -0.39 is 11.7 Å². The van der Waals surface area contributed by atoms with Crippen molar-refractivity contribution in [2.45, 2.75) is 26.4 Å². The maximum absolute atomic E-state index is 12.8. The molecule has 122 valence electrons. The van der Waals surface area contributed by atoms with E-state index in [9.17, 15) is 9.59 Å². The zero-order valence-electron chi connectivity index (χ0n) is 13.8. The summed E-state index contributed by atoms with van der Waals surface area (Å²) in [7, 11) is 0. The highest BCUT2D eigenvalue weighted by atomic mass is 16.2. The minimum atomic E-state index is -0.475. The molecule has 0 radical (unpaired) electrons. The van der Waals surface area contributed by atoms with Crippen molar-refractivity contribution in [3.8, 4) is 0 Å². The molecule has 1 amide bonds. The summed E-state index contributed by atoms with van der Waals surface area (Å²) >= 11 is 0. The molecule has 0 aliphatic rings. The van der Waals surface area contributed by atoms with Gasteiger partial charge in [0.15, 0.2) is 0 Å². The van der Waals surface area contributed by atoms with Crippen molar-refractivity contribution < 1.29 is 9.59 Å². The number of H-pyrrole nitrogens is 1. The predicted molar refractivity (Wildman–Crippen MR) is 94.8 cm³/mol. The van der Waals surface area contributed by atoms with E-state index in [1.807, 2.05) is 68.4 Å². The minimum Gasteiger partial charge on any atom is -0.360 e. The Kier molecular flexibility index (Phi) is 4.47. The molecule has 1 N–H and O–H groups in total. The van der Waals surface area contributed by atoms with Crippen molar-refractivity contribution in [3.05, 3.63) is 71.9 Å². The Balaban J connectivity index is 1.88. The van der Waals surface area contributed by atoms with Gasteiger partial charge in [0.05, 0.1) is 5.56 Å². The number of benzene rings is 2. The third-order valence-corrected chi connectivity index (χ3v) is 4.11. The molecule has 0 bridgehead atoms. The predicted octanol–water partition coefficient (Wildman–Crippen LogP) is 3.79. The molecule has 0 aliphatic heterocycles. The third kappa shape index (κ3) is 3.08. The number of nitrogens with one attached hydrogen (secondary N) is 1. The molecule has 0 saturated carbocycles. The summed E-state index contributed by atoms with van der Waals surface area (Å²) in [5, 5.41) is 0.777. The van der Waals surface area contributed by atoms with E-state index in [2.05, 4.69) is 4.98 Å². The largest absolute Gasteiger partial charge is 0.360 e. The molecule has 3 rings (SSSR count). The van der Waals surface area contributed by atoms with Gasteiger partial charge in [-0.25, -0.2) is 0 Å². The Bertz CT molecular complexity index is 865. The van der Waals surface area contributed by atoms with E-state index in [1.165, 1.54) is 0 Å². The fraction of sp³-hybridized carbons (Fsp3) is 0.200. The Morgan fingerprint density at radius 2 is 1.67 bits per heavy atom. The number of nitrogens with zero attached hydrogens (tertiary/aromatic N) is 1. The fourth-order valence-electron chi connectivity index (χ4n) is 2.77. The number of para-hydroxylation sites is 1. The molecular weight excluding hydrogens is 300 g/mol. The van der Waals surface area contributed by atoms with Gasteiger partial charge in [-0.1, -0.05) is 48.5 Å². The summed E-state index contributed by atoms with van der Waals surface area (Å²) in [5.74, 6) is -0.948. The topological polar surface area (TPSA) is 53.2 Å². The van der Waals surface area contributed by atoms with Crippen LogP contribution in [0.2, 0.25) is 0 Å². The summed E-state index contributed by atoms with van der Waals surface area (Å²) in [6.45, 7) is 4.26.